The van der Waals surface area contributed by atoms with Crippen LogP contribution in [0.15, 0.2) is 24.3 Å². The molecule has 88 valence electrons. The van der Waals surface area contributed by atoms with Crippen LogP contribution in [0.25, 0.3) is 0 Å². The molecule has 0 aliphatic carbocycles. The van der Waals surface area contributed by atoms with Gasteiger partial charge < -0.3 is 0 Å². The van der Waals surface area contributed by atoms with E-state index in [1.165, 1.54) is 0 Å². The molecule has 1 fully saturated rings. The summed E-state index contributed by atoms with van der Waals surface area (Å²) < 4.78 is 0. The Kier molecular flexibility index (Phi) is 2.67. The summed E-state index contributed by atoms with van der Waals surface area (Å²) in [6, 6.07) is 6.35. The van der Waals surface area contributed by atoms with Crippen LogP contribution in [0, 0.1) is 6.92 Å². The van der Waals surface area contributed by atoms with Crippen molar-refractivity contribution < 1.29 is 14.4 Å². The Morgan fingerprint density at radius 3 is 2.18 bits per heavy atom. The lowest BCUT2D eigenvalue weighted by Gasteiger charge is -2.20. The van der Waals surface area contributed by atoms with Crippen molar-refractivity contribution in [2.75, 3.05) is 0 Å². The summed E-state index contributed by atoms with van der Waals surface area (Å²) >= 11 is 0. The molecule has 4 amide bonds. The predicted octanol–water partition coefficient (Wildman–Crippen LogP) is 1.13. The van der Waals surface area contributed by atoms with Gasteiger partial charge in [0.15, 0.2) is 0 Å². The fourth-order valence-electron chi connectivity index (χ4n) is 1.76. The number of nitrogens with one attached hydrogen (secondary N) is 1. The first-order chi connectivity index (χ1) is 8.00. The van der Waals surface area contributed by atoms with Crippen LogP contribution in [0.4, 0.5) is 4.79 Å². The van der Waals surface area contributed by atoms with E-state index < -0.39 is 23.9 Å². The monoisotopic (exact) mass is 232 g/mol. The fourth-order valence-corrected chi connectivity index (χ4v) is 1.76. The van der Waals surface area contributed by atoms with Gasteiger partial charge in [0.2, 0.25) is 0 Å². The molecule has 1 atom stereocenters. The predicted molar refractivity (Wildman–Crippen MR) is 60.0 cm³/mol. The topological polar surface area (TPSA) is 66.5 Å². The van der Waals surface area contributed by atoms with Gasteiger partial charge in [0.1, 0.15) is 0 Å². The number of rotatable bonds is 2. The van der Waals surface area contributed by atoms with Crippen LogP contribution in [0.2, 0.25) is 0 Å². The van der Waals surface area contributed by atoms with Crippen molar-refractivity contribution in [3.05, 3.63) is 35.4 Å². The van der Waals surface area contributed by atoms with Crippen LogP contribution in [0.1, 0.15) is 24.1 Å². The molecule has 1 aliphatic heterocycles. The minimum Gasteiger partial charge on any atom is -0.269 e. The number of imide groups is 2. The average Bonchev–Trinajstić information content (AvgIpc) is 2.53. The van der Waals surface area contributed by atoms with Crippen molar-refractivity contribution in [3.8, 4) is 0 Å². The standard InChI is InChI=1S/C12H12N2O3/c1-7-3-5-9(6-4-7)8(2)14-11(16)10(15)13-12(14)17/h3-6,8H,1-2H3,(H,13,15,17). The summed E-state index contributed by atoms with van der Waals surface area (Å²) in [6.07, 6.45) is 0. The van der Waals surface area contributed by atoms with Gasteiger partial charge in [-0.25, -0.2) is 9.69 Å². The molecule has 1 aromatic rings. The molecule has 0 radical (unpaired) electrons. The minimum atomic E-state index is -0.867. The SMILES string of the molecule is Cc1ccc(C(C)N2C(=O)NC(=O)C2=O)cc1. The molecule has 1 aliphatic rings. The lowest BCUT2D eigenvalue weighted by Crippen LogP contribution is -2.33. The van der Waals surface area contributed by atoms with Crippen LogP contribution < -0.4 is 5.32 Å². The van der Waals surface area contributed by atoms with Crippen molar-refractivity contribution in [2.45, 2.75) is 19.9 Å². The highest BCUT2D eigenvalue weighted by Crippen LogP contribution is 2.22. The number of aryl methyl sites for hydroxylation is 1. The number of benzene rings is 1. The Bertz CT molecular complexity index is 493. The molecule has 0 aromatic heterocycles. The van der Waals surface area contributed by atoms with Gasteiger partial charge >= 0.3 is 17.8 Å². The largest absolute Gasteiger partial charge is 0.332 e. The van der Waals surface area contributed by atoms with Crippen molar-refractivity contribution in [1.82, 2.24) is 10.2 Å². The van der Waals surface area contributed by atoms with E-state index >= 15 is 0 Å². The van der Waals surface area contributed by atoms with Crippen LogP contribution in [-0.4, -0.2) is 22.7 Å². The lowest BCUT2D eigenvalue weighted by molar-refractivity contribution is -0.141. The van der Waals surface area contributed by atoms with Crippen molar-refractivity contribution >= 4 is 17.8 Å². The van der Waals surface area contributed by atoms with Gasteiger partial charge in [-0.05, 0) is 19.4 Å². The summed E-state index contributed by atoms with van der Waals surface area (Å²) in [5.41, 5.74) is 1.91. The molecular weight excluding hydrogens is 220 g/mol. The van der Waals surface area contributed by atoms with Crippen LogP contribution in [0.3, 0.4) is 0 Å². The van der Waals surface area contributed by atoms with E-state index in [-0.39, 0.29) is 0 Å². The Balaban J connectivity index is 2.28. The number of carbonyl (C=O) groups excluding carboxylic acids is 3. The van der Waals surface area contributed by atoms with Gasteiger partial charge in [-0.1, -0.05) is 29.8 Å². The smallest absolute Gasteiger partial charge is 0.269 e. The van der Waals surface area contributed by atoms with Crippen LogP contribution in [0.5, 0.6) is 0 Å². The molecule has 2 rings (SSSR count). The third kappa shape index (κ3) is 1.91. The number of hydrogen-bond donors (Lipinski definition) is 1. The summed E-state index contributed by atoms with van der Waals surface area (Å²) in [7, 11) is 0. The van der Waals surface area contributed by atoms with Crippen LogP contribution >= 0.6 is 0 Å². The second-order valence-corrected chi connectivity index (χ2v) is 4.02. The van der Waals surface area contributed by atoms with E-state index in [1.54, 1.807) is 6.92 Å². The molecule has 5 nitrogen and oxygen atoms in total. The van der Waals surface area contributed by atoms with Crippen molar-refractivity contribution in [1.29, 1.82) is 0 Å². The number of hydrogen-bond acceptors (Lipinski definition) is 3. The summed E-state index contributed by atoms with van der Waals surface area (Å²) in [5, 5.41) is 1.98. The van der Waals surface area contributed by atoms with Gasteiger partial charge in [-0.2, -0.15) is 0 Å². The molecule has 1 aromatic carbocycles. The summed E-state index contributed by atoms with van der Waals surface area (Å²) in [6.45, 7) is 3.66. The Labute approximate surface area is 98.4 Å². The maximum Gasteiger partial charge on any atom is 0.332 e. The molecule has 0 saturated carbocycles. The van der Waals surface area contributed by atoms with Gasteiger partial charge in [-0.15, -0.1) is 0 Å². The van der Waals surface area contributed by atoms with E-state index in [2.05, 4.69) is 0 Å². The molecule has 1 unspecified atom stereocenters. The fraction of sp³-hybridized carbons (Fsp3) is 0.250. The highest BCUT2D eigenvalue weighted by atomic mass is 16.2. The molecule has 1 N–H and O–H groups in total. The van der Waals surface area contributed by atoms with Gasteiger partial charge in [-0.3, -0.25) is 14.9 Å². The number of urea groups is 1. The minimum absolute atomic E-state index is 0.449. The van der Waals surface area contributed by atoms with Gasteiger partial charge in [0.25, 0.3) is 0 Å². The maximum atomic E-state index is 11.5. The van der Waals surface area contributed by atoms with E-state index in [9.17, 15) is 14.4 Å². The van der Waals surface area contributed by atoms with Crippen molar-refractivity contribution in [3.63, 3.8) is 0 Å². The zero-order chi connectivity index (χ0) is 12.6. The second-order valence-electron chi connectivity index (χ2n) is 4.02. The van der Waals surface area contributed by atoms with E-state index in [4.69, 9.17) is 0 Å². The third-order valence-electron chi connectivity index (χ3n) is 2.80. The second kappa shape index (κ2) is 4.01. The molecular formula is C12H12N2O3. The molecule has 5 heteroatoms. The number of amides is 4. The van der Waals surface area contributed by atoms with Crippen LogP contribution in [-0.2, 0) is 9.59 Å². The molecule has 1 saturated heterocycles. The molecule has 17 heavy (non-hydrogen) atoms. The zero-order valence-electron chi connectivity index (χ0n) is 9.56. The van der Waals surface area contributed by atoms with E-state index in [0.717, 1.165) is 16.0 Å². The highest BCUT2D eigenvalue weighted by molar-refractivity contribution is 6.44. The quantitative estimate of drug-likeness (QED) is 0.614. The zero-order valence-corrected chi connectivity index (χ0v) is 9.56. The van der Waals surface area contributed by atoms with E-state index in [0.29, 0.717) is 0 Å². The average molecular weight is 232 g/mol. The number of carbonyl (C=O) groups is 3. The maximum absolute atomic E-state index is 11.5. The van der Waals surface area contributed by atoms with Gasteiger partial charge in [0, 0.05) is 0 Å². The normalized spacial score (nSPS) is 17.3. The van der Waals surface area contributed by atoms with Crippen molar-refractivity contribution in [2.24, 2.45) is 0 Å². The van der Waals surface area contributed by atoms with E-state index in [1.807, 2.05) is 36.5 Å². The Hall–Kier alpha value is -2.17. The first kappa shape index (κ1) is 11.3. The Morgan fingerprint density at radius 1 is 1.12 bits per heavy atom. The lowest BCUT2D eigenvalue weighted by atomic mass is 10.1. The summed E-state index contributed by atoms with van der Waals surface area (Å²) in [5.74, 6) is -1.67. The molecule has 0 bridgehead atoms. The highest BCUT2D eigenvalue weighted by Gasteiger charge is 2.40. The third-order valence-corrected chi connectivity index (χ3v) is 2.80. The first-order valence-corrected chi connectivity index (χ1v) is 5.26. The summed E-state index contributed by atoms with van der Waals surface area (Å²) in [4.78, 5) is 34.9. The first-order valence-electron chi connectivity index (χ1n) is 5.26. The molecule has 1 heterocycles. The Morgan fingerprint density at radius 2 is 1.71 bits per heavy atom. The van der Waals surface area contributed by atoms with Gasteiger partial charge in [0.05, 0.1) is 6.04 Å². The number of nitrogens with zero attached hydrogens (tertiary/aromatic N) is 1. The molecule has 0 spiro atoms.